The van der Waals surface area contributed by atoms with Gasteiger partial charge in [0.15, 0.2) is 0 Å². The van der Waals surface area contributed by atoms with Gasteiger partial charge in [-0.25, -0.2) is 0 Å². The highest BCUT2D eigenvalue weighted by Crippen LogP contribution is 2.38. The van der Waals surface area contributed by atoms with Crippen molar-refractivity contribution >= 4 is 13.3 Å². The van der Waals surface area contributed by atoms with E-state index in [0.29, 0.717) is 24.8 Å². The molecule has 0 N–H and O–H groups in total. The van der Waals surface area contributed by atoms with Crippen molar-refractivity contribution in [3.63, 3.8) is 0 Å². The van der Waals surface area contributed by atoms with E-state index in [2.05, 4.69) is 10.6 Å². The van der Waals surface area contributed by atoms with Crippen molar-refractivity contribution in [3.05, 3.63) is 39.9 Å². The van der Waals surface area contributed by atoms with Gasteiger partial charge in [0, 0.05) is 18.3 Å². The Morgan fingerprint density at radius 3 is 2.50 bits per heavy atom. The molecule has 0 fully saturated rings. The molecule has 1 aromatic rings. The maximum atomic E-state index is 11.4. The second-order valence-electron chi connectivity index (χ2n) is 4.78. The summed E-state index contributed by atoms with van der Waals surface area (Å²) >= 11 is 0. The number of unbranched alkanes of at least 4 members (excludes halogenated alkanes) is 1. The quantitative estimate of drug-likeness (QED) is 0.298. The van der Waals surface area contributed by atoms with Crippen molar-refractivity contribution in [1.29, 1.82) is 5.26 Å². The van der Waals surface area contributed by atoms with E-state index in [1.165, 1.54) is 12.1 Å². The molecule has 2 atom stereocenters. The Bertz CT molecular complexity index is 582. The van der Waals surface area contributed by atoms with Crippen molar-refractivity contribution in [1.82, 2.24) is 0 Å². The summed E-state index contributed by atoms with van der Waals surface area (Å²) < 4.78 is 16.0. The maximum Gasteiger partial charge on any atom is 0.269 e. The fourth-order valence-electron chi connectivity index (χ4n) is 2.05. The zero-order valence-electron chi connectivity index (χ0n) is 12.3. The smallest absolute Gasteiger partial charge is 0.269 e. The molecule has 0 bridgehead atoms. The van der Waals surface area contributed by atoms with Gasteiger partial charge in [-0.15, -0.1) is 0 Å². The summed E-state index contributed by atoms with van der Waals surface area (Å²) in [5.41, 5.74) is 0.674. The van der Waals surface area contributed by atoms with Crippen LogP contribution in [0.1, 0.15) is 37.7 Å². The third kappa shape index (κ3) is 5.94. The van der Waals surface area contributed by atoms with Crippen molar-refractivity contribution in [2.24, 2.45) is 0 Å². The standard InChI is InChI=1S/C14H19N2O5P/c1-2-21-22(19,20)10-4-3-5-13(11-15)12-6-8-14(9-7-12)16(17)18/h6-9,13H,2-5,10H2,1H3,(H,19,20)/p-1. The van der Waals surface area contributed by atoms with Crippen LogP contribution in [0.25, 0.3) is 0 Å². The first-order valence-corrected chi connectivity index (χ1v) is 8.71. The van der Waals surface area contributed by atoms with Crippen molar-refractivity contribution in [2.45, 2.75) is 32.1 Å². The van der Waals surface area contributed by atoms with Crippen molar-refractivity contribution in [2.75, 3.05) is 12.8 Å². The van der Waals surface area contributed by atoms with Crippen molar-refractivity contribution in [3.8, 4) is 6.07 Å². The van der Waals surface area contributed by atoms with Crippen LogP contribution in [0.15, 0.2) is 24.3 Å². The van der Waals surface area contributed by atoms with Gasteiger partial charge in [-0.05, 0) is 25.3 Å². The van der Waals surface area contributed by atoms with Gasteiger partial charge in [0.25, 0.3) is 5.69 Å². The lowest BCUT2D eigenvalue weighted by Gasteiger charge is -2.22. The molecule has 0 aromatic heterocycles. The minimum atomic E-state index is -3.76. The molecule has 0 radical (unpaired) electrons. The number of nitro groups is 1. The lowest BCUT2D eigenvalue weighted by atomic mass is 9.95. The lowest BCUT2D eigenvalue weighted by Crippen LogP contribution is -2.08. The third-order valence-corrected chi connectivity index (χ3v) is 4.68. The largest absolute Gasteiger partial charge is 0.778 e. The third-order valence-electron chi connectivity index (χ3n) is 3.16. The van der Waals surface area contributed by atoms with E-state index < -0.39 is 18.4 Å². The summed E-state index contributed by atoms with van der Waals surface area (Å²) in [6, 6.07) is 7.99. The topological polar surface area (TPSA) is 116 Å². The number of nitriles is 1. The molecule has 7 nitrogen and oxygen atoms in total. The first kappa shape index (κ1) is 18.3. The molecule has 0 spiro atoms. The number of non-ortho nitro benzene ring substituents is 1. The molecule has 120 valence electrons. The van der Waals surface area contributed by atoms with Crippen LogP contribution in [-0.4, -0.2) is 17.7 Å². The van der Waals surface area contributed by atoms with Crippen LogP contribution in [0.3, 0.4) is 0 Å². The van der Waals surface area contributed by atoms with Gasteiger partial charge < -0.3 is 14.0 Å². The number of nitrogens with zero attached hydrogens (tertiary/aromatic N) is 2. The molecular weight excluding hydrogens is 307 g/mol. The summed E-state index contributed by atoms with van der Waals surface area (Å²) in [5, 5.41) is 19.8. The zero-order valence-corrected chi connectivity index (χ0v) is 13.2. The molecule has 1 aromatic carbocycles. The molecule has 0 aliphatic carbocycles. The highest BCUT2D eigenvalue weighted by Gasteiger charge is 2.13. The van der Waals surface area contributed by atoms with E-state index in [-0.39, 0.29) is 18.5 Å². The van der Waals surface area contributed by atoms with Gasteiger partial charge >= 0.3 is 0 Å². The Morgan fingerprint density at radius 2 is 2.00 bits per heavy atom. The predicted octanol–water partition coefficient (Wildman–Crippen LogP) is 2.96. The SMILES string of the molecule is CCOP(=O)([O-])CCCCC(C#N)c1ccc([N+](=O)[O-])cc1. The Kier molecular flexibility index (Phi) is 7.19. The second-order valence-corrected chi connectivity index (χ2v) is 6.71. The first-order chi connectivity index (χ1) is 10.4. The molecule has 0 aliphatic rings. The van der Waals surface area contributed by atoms with Gasteiger partial charge in [-0.2, -0.15) is 5.26 Å². The Labute approximate surface area is 129 Å². The highest BCUT2D eigenvalue weighted by molar-refractivity contribution is 7.51. The molecule has 0 heterocycles. The van der Waals surface area contributed by atoms with Gasteiger partial charge in [-0.3, -0.25) is 10.1 Å². The average Bonchev–Trinajstić information content (AvgIpc) is 2.47. The minimum Gasteiger partial charge on any atom is -0.778 e. The molecule has 0 saturated carbocycles. The fourth-order valence-corrected chi connectivity index (χ4v) is 3.18. The van der Waals surface area contributed by atoms with E-state index in [1.807, 2.05) is 0 Å². The van der Waals surface area contributed by atoms with Gasteiger partial charge in [-0.1, -0.05) is 18.6 Å². The number of benzene rings is 1. The minimum absolute atomic E-state index is 0.0237. The zero-order chi connectivity index (χ0) is 16.6. The molecule has 1 rings (SSSR count). The van der Waals surface area contributed by atoms with Crippen LogP contribution in [0.5, 0.6) is 0 Å². The van der Waals surface area contributed by atoms with Crippen LogP contribution in [0, 0.1) is 21.4 Å². The Morgan fingerprint density at radius 1 is 1.36 bits per heavy atom. The van der Waals surface area contributed by atoms with Gasteiger partial charge in [0.2, 0.25) is 0 Å². The number of hydrogen-bond donors (Lipinski definition) is 0. The molecule has 8 heteroatoms. The van der Waals surface area contributed by atoms with E-state index >= 15 is 0 Å². The van der Waals surface area contributed by atoms with Crippen LogP contribution in [-0.2, 0) is 9.09 Å². The molecule has 0 amide bonds. The molecule has 2 unspecified atom stereocenters. The summed E-state index contributed by atoms with van der Waals surface area (Å²) in [7, 11) is -3.76. The maximum absolute atomic E-state index is 11.4. The second kappa shape index (κ2) is 8.64. The lowest BCUT2D eigenvalue weighted by molar-refractivity contribution is -0.384. The Balaban J connectivity index is 2.51. The van der Waals surface area contributed by atoms with Crippen LogP contribution in [0.2, 0.25) is 0 Å². The summed E-state index contributed by atoms with van der Waals surface area (Å²) in [6.45, 7) is 1.75. The molecule has 22 heavy (non-hydrogen) atoms. The summed E-state index contributed by atoms with van der Waals surface area (Å²) in [5.74, 6) is -0.404. The van der Waals surface area contributed by atoms with E-state index in [9.17, 15) is 24.8 Å². The number of nitro benzene ring substituents is 1. The van der Waals surface area contributed by atoms with Crippen LogP contribution in [0.4, 0.5) is 5.69 Å². The fraction of sp³-hybridized carbons (Fsp3) is 0.500. The van der Waals surface area contributed by atoms with E-state index in [0.717, 1.165) is 0 Å². The Hall–Kier alpha value is -1.74. The van der Waals surface area contributed by atoms with Crippen LogP contribution >= 0.6 is 7.60 Å². The van der Waals surface area contributed by atoms with Gasteiger partial charge in [0.05, 0.1) is 23.5 Å². The first-order valence-electron chi connectivity index (χ1n) is 6.98. The van der Waals surface area contributed by atoms with E-state index in [1.54, 1.807) is 19.1 Å². The molecule has 0 saturated heterocycles. The highest BCUT2D eigenvalue weighted by atomic mass is 31.2. The molecular formula is C14H18N2O5P-. The number of hydrogen-bond acceptors (Lipinski definition) is 6. The molecule has 0 aliphatic heterocycles. The summed E-state index contributed by atoms with van der Waals surface area (Å²) in [4.78, 5) is 21.5. The van der Waals surface area contributed by atoms with E-state index in [4.69, 9.17) is 0 Å². The van der Waals surface area contributed by atoms with Crippen LogP contribution < -0.4 is 4.89 Å². The normalized spacial score (nSPS) is 14.8. The van der Waals surface area contributed by atoms with Gasteiger partial charge in [0.1, 0.15) is 7.60 Å². The summed E-state index contributed by atoms with van der Waals surface area (Å²) in [6.07, 6.45) is 1.44. The monoisotopic (exact) mass is 325 g/mol. The average molecular weight is 325 g/mol. The predicted molar refractivity (Wildman–Crippen MR) is 79.4 cm³/mol. The number of rotatable bonds is 9. The van der Waals surface area contributed by atoms with Crippen molar-refractivity contribution < 1.29 is 18.9 Å².